The van der Waals surface area contributed by atoms with Gasteiger partial charge in [-0.05, 0) is 59.1 Å². The van der Waals surface area contributed by atoms with Crippen LogP contribution in [0.2, 0.25) is 0 Å². The van der Waals surface area contributed by atoms with Gasteiger partial charge in [-0.1, -0.05) is 18.2 Å². The summed E-state index contributed by atoms with van der Waals surface area (Å²) in [5, 5.41) is 0. The molecule has 2 nitrogen and oxygen atoms in total. The van der Waals surface area contributed by atoms with E-state index < -0.39 is 0 Å². The van der Waals surface area contributed by atoms with Crippen LogP contribution in [0.4, 0.5) is 5.69 Å². The lowest BCUT2D eigenvalue weighted by atomic mass is 10.2. The van der Waals surface area contributed by atoms with Gasteiger partial charge in [0, 0.05) is 0 Å². The Labute approximate surface area is 110 Å². The quantitative estimate of drug-likeness (QED) is 0.830. The lowest BCUT2D eigenvalue weighted by molar-refractivity contribution is 0.478. The molecule has 2 N–H and O–H groups in total. The number of aryl methyl sites for hydroxylation is 2. The number of nitrogens with two attached hydrogens (primary N) is 1. The number of hydrogen-bond acceptors (Lipinski definition) is 2. The maximum Gasteiger partial charge on any atom is 0.153 e. The highest BCUT2D eigenvalue weighted by atomic mass is 79.9. The van der Waals surface area contributed by atoms with Crippen molar-refractivity contribution in [2.45, 2.75) is 13.8 Å². The minimum Gasteiger partial charge on any atom is -0.454 e. The average molecular weight is 292 g/mol. The van der Waals surface area contributed by atoms with Crippen LogP contribution in [0.25, 0.3) is 0 Å². The van der Waals surface area contributed by atoms with Crippen molar-refractivity contribution in [3.63, 3.8) is 0 Å². The van der Waals surface area contributed by atoms with Crippen molar-refractivity contribution in [3.8, 4) is 11.5 Å². The van der Waals surface area contributed by atoms with Crippen LogP contribution >= 0.6 is 15.9 Å². The van der Waals surface area contributed by atoms with Crippen molar-refractivity contribution >= 4 is 21.6 Å². The van der Waals surface area contributed by atoms with Crippen molar-refractivity contribution < 1.29 is 4.74 Å². The summed E-state index contributed by atoms with van der Waals surface area (Å²) in [5.41, 5.74) is 8.77. The van der Waals surface area contributed by atoms with E-state index >= 15 is 0 Å². The van der Waals surface area contributed by atoms with Gasteiger partial charge >= 0.3 is 0 Å². The highest BCUT2D eigenvalue weighted by Crippen LogP contribution is 2.35. The van der Waals surface area contributed by atoms with E-state index in [-0.39, 0.29) is 0 Å². The highest BCUT2D eigenvalue weighted by Gasteiger charge is 2.08. The zero-order chi connectivity index (χ0) is 12.4. The van der Waals surface area contributed by atoms with Crippen LogP contribution in [0.1, 0.15) is 11.1 Å². The molecule has 0 amide bonds. The van der Waals surface area contributed by atoms with Gasteiger partial charge in [-0.3, -0.25) is 0 Å². The molecular formula is C14H14BrNO. The number of rotatable bonds is 2. The van der Waals surface area contributed by atoms with Crippen LogP contribution in [0, 0.1) is 13.8 Å². The molecule has 0 atom stereocenters. The van der Waals surface area contributed by atoms with Crippen LogP contribution in [-0.2, 0) is 0 Å². The predicted octanol–water partition coefficient (Wildman–Crippen LogP) is 4.44. The standard InChI is InChI=1S/C14H14BrNO/c1-9-6-7-13(11(15)8-9)17-14-10(2)4-3-5-12(14)16/h3-8H,16H2,1-2H3. The van der Waals surface area contributed by atoms with Gasteiger partial charge in [-0.2, -0.15) is 0 Å². The van der Waals surface area contributed by atoms with Gasteiger partial charge in [-0.25, -0.2) is 0 Å². The van der Waals surface area contributed by atoms with Gasteiger partial charge in [0.2, 0.25) is 0 Å². The zero-order valence-electron chi connectivity index (χ0n) is 9.83. The minimum atomic E-state index is 0.650. The molecule has 0 aliphatic heterocycles. The molecule has 0 aromatic heterocycles. The van der Waals surface area contributed by atoms with E-state index in [2.05, 4.69) is 15.9 Å². The van der Waals surface area contributed by atoms with Gasteiger partial charge in [-0.15, -0.1) is 0 Å². The Balaban J connectivity index is 2.38. The molecule has 0 spiro atoms. The fourth-order valence-electron chi connectivity index (χ4n) is 1.61. The third-order valence-electron chi connectivity index (χ3n) is 2.54. The van der Waals surface area contributed by atoms with Gasteiger partial charge < -0.3 is 10.5 Å². The van der Waals surface area contributed by atoms with E-state index in [0.717, 1.165) is 21.5 Å². The molecule has 0 saturated heterocycles. The van der Waals surface area contributed by atoms with Crippen LogP contribution in [0.5, 0.6) is 11.5 Å². The molecule has 0 fully saturated rings. The first-order valence-electron chi connectivity index (χ1n) is 5.37. The monoisotopic (exact) mass is 291 g/mol. The van der Waals surface area contributed by atoms with Gasteiger partial charge in [0.15, 0.2) is 5.75 Å². The van der Waals surface area contributed by atoms with E-state index in [1.165, 1.54) is 5.56 Å². The Hall–Kier alpha value is -1.48. The molecule has 0 bridgehead atoms. The summed E-state index contributed by atoms with van der Waals surface area (Å²) in [6, 6.07) is 11.7. The van der Waals surface area contributed by atoms with Crippen LogP contribution in [0.3, 0.4) is 0 Å². The first kappa shape index (κ1) is 12.0. The Morgan fingerprint density at radius 1 is 1.12 bits per heavy atom. The molecule has 88 valence electrons. The third-order valence-corrected chi connectivity index (χ3v) is 3.16. The number of para-hydroxylation sites is 1. The highest BCUT2D eigenvalue weighted by molar-refractivity contribution is 9.10. The second kappa shape index (κ2) is 4.80. The fraction of sp³-hybridized carbons (Fsp3) is 0.143. The van der Waals surface area contributed by atoms with Crippen molar-refractivity contribution in [3.05, 3.63) is 52.0 Å². The van der Waals surface area contributed by atoms with E-state index in [1.54, 1.807) is 0 Å². The smallest absolute Gasteiger partial charge is 0.153 e. The molecule has 0 radical (unpaired) electrons. The van der Waals surface area contributed by atoms with Crippen molar-refractivity contribution in [2.75, 3.05) is 5.73 Å². The van der Waals surface area contributed by atoms with E-state index in [4.69, 9.17) is 10.5 Å². The summed E-state index contributed by atoms with van der Waals surface area (Å²) in [6.07, 6.45) is 0. The number of anilines is 1. The van der Waals surface area contributed by atoms with Crippen molar-refractivity contribution in [1.82, 2.24) is 0 Å². The number of nitrogen functional groups attached to an aromatic ring is 1. The maximum absolute atomic E-state index is 5.91. The van der Waals surface area contributed by atoms with E-state index in [9.17, 15) is 0 Å². The summed E-state index contributed by atoms with van der Waals surface area (Å²) < 4.78 is 6.78. The van der Waals surface area contributed by atoms with Gasteiger partial charge in [0.05, 0.1) is 10.2 Å². The molecule has 2 aromatic rings. The van der Waals surface area contributed by atoms with Crippen LogP contribution in [-0.4, -0.2) is 0 Å². The molecule has 17 heavy (non-hydrogen) atoms. The second-order valence-corrected chi connectivity index (χ2v) is 4.88. The maximum atomic E-state index is 5.91. The fourth-order valence-corrected chi connectivity index (χ4v) is 2.19. The zero-order valence-corrected chi connectivity index (χ0v) is 11.4. The lowest BCUT2D eigenvalue weighted by Gasteiger charge is -2.12. The number of hydrogen-bond donors (Lipinski definition) is 1. The SMILES string of the molecule is Cc1ccc(Oc2c(C)cccc2N)c(Br)c1. The second-order valence-electron chi connectivity index (χ2n) is 4.03. The number of benzene rings is 2. The molecule has 0 aliphatic rings. The Morgan fingerprint density at radius 2 is 1.88 bits per heavy atom. The molecule has 2 aromatic carbocycles. The molecule has 3 heteroatoms. The summed E-state index contributed by atoms with van der Waals surface area (Å²) in [5.74, 6) is 1.49. The topological polar surface area (TPSA) is 35.2 Å². The molecule has 0 unspecified atom stereocenters. The summed E-state index contributed by atoms with van der Waals surface area (Å²) in [4.78, 5) is 0. The van der Waals surface area contributed by atoms with Crippen molar-refractivity contribution in [1.29, 1.82) is 0 Å². The third kappa shape index (κ3) is 2.61. The van der Waals surface area contributed by atoms with E-state index in [1.807, 2.05) is 50.2 Å². The molecule has 0 aliphatic carbocycles. The Morgan fingerprint density at radius 3 is 2.53 bits per heavy atom. The van der Waals surface area contributed by atoms with Gasteiger partial charge in [0.25, 0.3) is 0 Å². The van der Waals surface area contributed by atoms with Crippen LogP contribution < -0.4 is 10.5 Å². The average Bonchev–Trinajstić information content (AvgIpc) is 2.26. The predicted molar refractivity (Wildman–Crippen MR) is 74.5 cm³/mol. The van der Waals surface area contributed by atoms with E-state index in [0.29, 0.717) is 5.69 Å². The summed E-state index contributed by atoms with van der Waals surface area (Å²) >= 11 is 3.49. The normalized spacial score (nSPS) is 10.3. The summed E-state index contributed by atoms with van der Waals surface area (Å²) in [7, 11) is 0. The number of ether oxygens (including phenoxy) is 1. The Kier molecular flexibility index (Phi) is 3.38. The lowest BCUT2D eigenvalue weighted by Crippen LogP contribution is -1.95. The molecular weight excluding hydrogens is 278 g/mol. The first-order chi connectivity index (χ1) is 8.08. The van der Waals surface area contributed by atoms with Gasteiger partial charge in [0.1, 0.15) is 5.75 Å². The largest absolute Gasteiger partial charge is 0.454 e. The summed E-state index contributed by atoms with van der Waals surface area (Å²) in [6.45, 7) is 4.02. The Bertz CT molecular complexity index is 532. The minimum absolute atomic E-state index is 0.650. The first-order valence-corrected chi connectivity index (χ1v) is 6.16. The van der Waals surface area contributed by atoms with Crippen molar-refractivity contribution in [2.24, 2.45) is 0 Å². The molecule has 2 rings (SSSR count). The molecule has 0 saturated carbocycles. The number of halogens is 1. The molecule has 0 heterocycles. The van der Waals surface area contributed by atoms with Crippen LogP contribution in [0.15, 0.2) is 40.9 Å².